The third-order valence-corrected chi connectivity index (χ3v) is 5.95. The molecule has 0 radical (unpaired) electrons. The molecule has 0 aromatic carbocycles. The largest absolute Gasteiger partial charge is 0.119 e. The average Bonchev–Trinajstić information content (AvgIpc) is 2.49. The van der Waals surface area contributed by atoms with E-state index in [1.54, 1.807) is 9.81 Å². The first-order chi connectivity index (χ1) is 6.27. The van der Waals surface area contributed by atoms with Crippen LogP contribution in [-0.2, 0) is 0 Å². The monoisotopic (exact) mass is 214 g/mol. The second-order valence-corrected chi connectivity index (χ2v) is 6.77. The minimum Gasteiger partial charge on any atom is -0.119 e. The van der Waals surface area contributed by atoms with Crippen LogP contribution in [0.2, 0.25) is 0 Å². The van der Waals surface area contributed by atoms with Gasteiger partial charge in [0, 0.05) is 4.24 Å². The van der Waals surface area contributed by atoms with E-state index in [2.05, 4.69) is 37.4 Å². The highest BCUT2D eigenvalue weighted by atomic mass is 32.2. The van der Waals surface area contributed by atoms with Gasteiger partial charge in [0.2, 0.25) is 0 Å². The van der Waals surface area contributed by atoms with Crippen LogP contribution in [0.3, 0.4) is 0 Å². The lowest BCUT2D eigenvalue weighted by molar-refractivity contribution is 0.457. The molecule has 1 saturated heterocycles. The molecule has 1 aliphatic heterocycles. The summed E-state index contributed by atoms with van der Waals surface area (Å²) in [6.07, 6.45) is 4.14. The van der Waals surface area contributed by atoms with E-state index in [0.29, 0.717) is 0 Å². The zero-order valence-electron chi connectivity index (χ0n) is 8.51. The number of hydrogen-bond acceptors (Lipinski definition) is 2. The fourth-order valence-electron chi connectivity index (χ4n) is 2.06. The number of hydrogen-bond donors (Lipinski definition) is 0. The van der Waals surface area contributed by atoms with Crippen molar-refractivity contribution < 1.29 is 0 Å². The van der Waals surface area contributed by atoms with Crippen molar-refractivity contribution >= 4 is 23.5 Å². The van der Waals surface area contributed by atoms with Crippen molar-refractivity contribution in [1.82, 2.24) is 0 Å². The standard InChI is InChI=1S/C11H18S2/c1-8-6-10(7-9(8)2)11-12-4-3-5-13-11/h8-9H,3-7H2,1-2H3/t8-,9+. The van der Waals surface area contributed by atoms with Gasteiger partial charge >= 0.3 is 0 Å². The van der Waals surface area contributed by atoms with Crippen molar-refractivity contribution in [2.45, 2.75) is 33.1 Å². The zero-order chi connectivity index (χ0) is 9.26. The molecule has 0 nitrogen and oxygen atoms in total. The molecule has 0 aromatic rings. The highest BCUT2D eigenvalue weighted by molar-refractivity contribution is 8.22. The van der Waals surface area contributed by atoms with Crippen LogP contribution in [0.15, 0.2) is 9.81 Å². The minimum atomic E-state index is 0.922. The Hall–Kier alpha value is 0.440. The highest BCUT2D eigenvalue weighted by Gasteiger charge is 2.26. The van der Waals surface area contributed by atoms with Crippen molar-refractivity contribution in [3.63, 3.8) is 0 Å². The molecule has 2 heteroatoms. The number of allylic oxidation sites excluding steroid dienone is 1. The predicted molar refractivity (Wildman–Crippen MR) is 64.1 cm³/mol. The molecule has 2 rings (SSSR count). The summed E-state index contributed by atoms with van der Waals surface area (Å²) in [6, 6.07) is 0. The predicted octanol–water partition coefficient (Wildman–Crippen LogP) is 4.13. The highest BCUT2D eigenvalue weighted by Crippen LogP contribution is 2.45. The normalized spacial score (nSPS) is 35.5. The molecule has 1 heterocycles. The molecule has 2 fully saturated rings. The molecule has 2 atom stereocenters. The van der Waals surface area contributed by atoms with Crippen molar-refractivity contribution in [3.8, 4) is 0 Å². The van der Waals surface area contributed by atoms with Gasteiger partial charge in [-0.2, -0.15) is 0 Å². The molecule has 0 N–H and O–H groups in total. The van der Waals surface area contributed by atoms with Gasteiger partial charge in [0.15, 0.2) is 0 Å². The van der Waals surface area contributed by atoms with Crippen LogP contribution >= 0.6 is 23.5 Å². The second kappa shape index (κ2) is 4.31. The van der Waals surface area contributed by atoms with E-state index in [0.717, 1.165) is 11.8 Å². The van der Waals surface area contributed by atoms with E-state index in [1.807, 2.05) is 0 Å². The Morgan fingerprint density at radius 2 is 1.54 bits per heavy atom. The van der Waals surface area contributed by atoms with Gasteiger partial charge in [0.25, 0.3) is 0 Å². The molecule has 0 bridgehead atoms. The fourth-order valence-corrected chi connectivity index (χ4v) is 4.77. The molecule has 1 aliphatic carbocycles. The summed E-state index contributed by atoms with van der Waals surface area (Å²) in [7, 11) is 0. The Morgan fingerprint density at radius 3 is 2.08 bits per heavy atom. The smallest absolute Gasteiger partial charge is 0.0393 e. The maximum atomic E-state index is 2.40. The third-order valence-electron chi connectivity index (χ3n) is 3.15. The molecule has 74 valence electrons. The van der Waals surface area contributed by atoms with Gasteiger partial charge in [-0.3, -0.25) is 0 Å². The van der Waals surface area contributed by atoms with Crippen LogP contribution in [0.5, 0.6) is 0 Å². The first-order valence-electron chi connectivity index (χ1n) is 5.25. The van der Waals surface area contributed by atoms with Gasteiger partial charge in [-0.25, -0.2) is 0 Å². The first-order valence-corrected chi connectivity index (χ1v) is 7.22. The summed E-state index contributed by atoms with van der Waals surface area (Å²) in [6.45, 7) is 4.80. The number of rotatable bonds is 0. The Labute approximate surface area is 89.9 Å². The lowest BCUT2D eigenvalue weighted by Crippen LogP contribution is -1.95. The third kappa shape index (κ3) is 2.27. The SMILES string of the molecule is C[C@@H]1CC(=C2SCCCS2)C[C@@H]1C. The Morgan fingerprint density at radius 1 is 1.00 bits per heavy atom. The van der Waals surface area contributed by atoms with E-state index in [1.165, 1.54) is 30.8 Å². The lowest BCUT2D eigenvalue weighted by Gasteiger charge is -2.15. The quantitative estimate of drug-likeness (QED) is 0.594. The lowest BCUT2D eigenvalue weighted by atomic mass is 10.0. The van der Waals surface area contributed by atoms with Crippen LogP contribution in [0.4, 0.5) is 0 Å². The maximum absolute atomic E-state index is 2.40. The Bertz CT molecular complexity index is 200. The molecular formula is C11H18S2. The number of thioether (sulfide) groups is 2. The molecule has 0 aromatic heterocycles. The molecule has 0 amide bonds. The summed E-state index contributed by atoms with van der Waals surface area (Å²) in [5.41, 5.74) is 1.77. The van der Waals surface area contributed by atoms with Gasteiger partial charge in [0.05, 0.1) is 0 Å². The topological polar surface area (TPSA) is 0 Å². The van der Waals surface area contributed by atoms with Gasteiger partial charge in [0.1, 0.15) is 0 Å². The van der Waals surface area contributed by atoms with Crippen molar-refractivity contribution in [2.75, 3.05) is 11.5 Å². The van der Waals surface area contributed by atoms with Gasteiger partial charge in [-0.1, -0.05) is 13.8 Å². The van der Waals surface area contributed by atoms with Crippen LogP contribution in [0.25, 0.3) is 0 Å². The van der Waals surface area contributed by atoms with Crippen LogP contribution < -0.4 is 0 Å². The summed E-state index contributed by atoms with van der Waals surface area (Å²) < 4.78 is 1.68. The van der Waals surface area contributed by atoms with E-state index in [9.17, 15) is 0 Å². The summed E-state index contributed by atoms with van der Waals surface area (Å²) >= 11 is 4.21. The van der Waals surface area contributed by atoms with E-state index < -0.39 is 0 Å². The summed E-state index contributed by atoms with van der Waals surface area (Å²) in [5.74, 6) is 4.56. The van der Waals surface area contributed by atoms with Gasteiger partial charge in [-0.15, -0.1) is 23.5 Å². The van der Waals surface area contributed by atoms with E-state index >= 15 is 0 Å². The minimum absolute atomic E-state index is 0.922. The van der Waals surface area contributed by atoms with Crippen molar-refractivity contribution in [3.05, 3.63) is 9.81 Å². The Balaban J connectivity index is 2.06. The van der Waals surface area contributed by atoms with Crippen LogP contribution in [-0.4, -0.2) is 11.5 Å². The Kier molecular flexibility index (Phi) is 3.31. The molecular weight excluding hydrogens is 196 g/mol. The van der Waals surface area contributed by atoms with Crippen LogP contribution in [0, 0.1) is 11.8 Å². The summed E-state index contributed by atoms with van der Waals surface area (Å²) in [5, 5.41) is 0. The van der Waals surface area contributed by atoms with Gasteiger partial charge < -0.3 is 0 Å². The van der Waals surface area contributed by atoms with Crippen molar-refractivity contribution in [1.29, 1.82) is 0 Å². The molecule has 13 heavy (non-hydrogen) atoms. The summed E-state index contributed by atoms with van der Waals surface area (Å²) in [4.78, 5) is 0. The average molecular weight is 214 g/mol. The maximum Gasteiger partial charge on any atom is 0.0393 e. The van der Waals surface area contributed by atoms with E-state index in [4.69, 9.17) is 0 Å². The zero-order valence-corrected chi connectivity index (χ0v) is 10.1. The molecule has 0 spiro atoms. The van der Waals surface area contributed by atoms with Crippen molar-refractivity contribution in [2.24, 2.45) is 11.8 Å². The first kappa shape index (κ1) is 9.97. The van der Waals surface area contributed by atoms with Gasteiger partial charge in [-0.05, 0) is 48.2 Å². The van der Waals surface area contributed by atoms with Crippen LogP contribution in [0.1, 0.15) is 33.1 Å². The fraction of sp³-hybridized carbons (Fsp3) is 0.818. The molecule has 2 aliphatic rings. The van der Waals surface area contributed by atoms with E-state index in [-0.39, 0.29) is 0 Å². The molecule has 0 unspecified atom stereocenters. The second-order valence-electron chi connectivity index (χ2n) is 4.30. The molecule has 1 saturated carbocycles.